The summed E-state index contributed by atoms with van der Waals surface area (Å²) in [5.41, 5.74) is 0.197. The molecular weight excluding hydrogens is 555 g/mol. The molecule has 0 spiro atoms. The maximum Gasteiger partial charge on any atom is 0.416 e. The molecule has 0 saturated carbocycles. The van der Waals surface area contributed by atoms with Gasteiger partial charge in [0.1, 0.15) is 6.61 Å². The number of halogens is 7. The van der Waals surface area contributed by atoms with Crippen LogP contribution in [0.15, 0.2) is 53.6 Å². The summed E-state index contributed by atoms with van der Waals surface area (Å²) in [6, 6.07) is 9.01. The quantitative estimate of drug-likeness (QED) is 0.430. The molecule has 3 amide bonds. The van der Waals surface area contributed by atoms with Gasteiger partial charge in [-0.3, -0.25) is 0 Å². The lowest BCUT2D eigenvalue weighted by atomic mass is 10.0. The van der Waals surface area contributed by atoms with E-state index in [4.69, 9.17) is 51.1 Å². The first-order valence-electron chi connectivity index (χ1n) is 9.81. The Hall–Kier alpha value is -2.40. The van der Waals surface area contributed by atoms with Crippen LogP contribution in [-0.4, -0.2) is 57.8 Å². The van der Waals surface area contributed by atoms with Gasteiger partial charge in [-0.1, -0.05) is 58.5 Å². The smallest absolute Gasteiger partial charge is 0.416 e. The molecule has 1 aliphatic rings. The number of anilines is 1. The van der Waals surface area contributed by atoms with Crippen molar-refractivity contribution in [1.82, 2.24) is 9.91 Å². The van der Waals surface area contributed by atoms with Gasteiger partial charge in [0, 0.05) is 23.3 Å². The van der Waals surface area contributed by atoms with Crippen molar-refractivity contribution in [3.8, 4) is 0 Å². The van der Waals surface area contributed by atoms with Crippen LogP contribution in [0.3, 0.4) is 0 Å². The molecule has 1 aliphatic heterocycles. The van der Waals surface area contributed by atoms with E-state index < -0.39 is 40.3 Å². The lowest BCUT2D eigenvalue weighted by Crippen LogP contribution is -2.46. The average Bonchev–Trinajstić information content (AvgIpc) is 3.22. The molecule has 7 nitrogen and oxygen atoms in total. The van der Waals surface area contributed by atoms with Crippen LogP contribution >= 0.6 is 46.4 Å². The van der Waals surface area contributed by atoms with Crippen LogP contribution in [0.1, 0.15) is 11.1 Å². The van der Waals surface area contributed by atoms with Gasteiger partial charge in [0.05, 0.1) is 23.9 Å². The van der Waals surface area contributed by atoms with E-state index >= 15 is 0 Å². The highest BCUT2D eigenvalue weighted by molar-refractivity contribution is 6.67. The maximum atomic E-state index is 12.8. The van der Waals surface area contributed by atoms with Crippen molar-refractivity contribution in [3.63, 3.8) is 0 Å². The summed E-state index contributed by atoms with van der Waals surface area (Å²) >= 11 is 22.9. The Balaban J connectivity index is 1.80. The van der Waals surface area contributed by atoms with E-state index in [9.17, 15) is 22.8 Å². The predicted octanol–water partition coefficient (Wildman–Crippen LogP) is 6.42. The Labute approximate surface area is 218 Å². The lowest BCUT2D eigenvalue weighted by Gasteiger charge is -2.26. The molecule has 0 aliphatic carbocycles. The van der Waals surface area contributed by atoms with Crippen LogP contribution < -0.4 is 5.32 Å². The standard InChI is InChI=1S/C21H17Cl4F3N4O3/c1-31(19(34)35-11-20(23,24)25)16-10-32(30-17(16)12-2-6-14(22)7-3-12)18(33)29-15-8-4-13(5-9-15)21(26,27)28/h2-9,16H,10-11H2,1H3,(H,29,33). The molecule has 0 radical (unpaired) electrons. The van der Waals surface area contributed by atoms with Gasteiger partial charge in [0.15, 0.2) is 0 Å². The fourth-order valence-electron chi connectivity index (χ4n) is 3.10. The molecular formula is C21H17Cl4F3N4O3. The molecule has 2 aromatic rings. The van der Waals surface area contributed by atoms with Gasteiger partial charge >= 0.3 is 18.3 Å². The molecule has 1 atom stereocenters. The first-order chi connectivity index (χ1) is 16.2. The van der Waals surface area contributed by atoms with Crippen molar-refractivity contribution in [2.45, 2.75) is 16.0 Å². The van der Waals surface area contributed by atoms with Crippen LogP contribution in [-0.2, 0) is 10.9 Å². The average molecular weight is 572 g/mol. The zero-order valence-electron chi connectivity index (χ0n) is 17.8. The Morgan fingerprint density at radius 2 is 1.71 bits per heavy atom. The van der Waals surface area contributed by atoms with Crippen LogP contribution in [0.25, 0.3) is 0 Å². The van der Waals surface area contributed by atoms with Crippen LogP contribution in [0.2, 0.25) is 5.02 Å². The van der Waals surface area contributed by atoms with Crippen molar-refractivity contribution >= 4 is 69.9 Å². The third kappa shape index (κ3) is 7.30. The molecule has 0 saturated heterocycles. The van der Waals surface area contributed by atoms with Gasteiger partial charge in [0.25, 0.3) is 0 Å². The van der Waals surface area contributed by atoms with E-state index in [0.717, 1.165) is 29.3 Å². The first kappa shape index (κ1) is 27.2. The minimum atomic E-state index is -4.50. The molecule has 1 N–H and O–H groups in total. The number of nitrogens with one attached hydrogen (secondary N) is 1. The Kier molecular flexibility index (Phi) is 8.31. The van der Waals surface area contributed by atoms with Gasteiger partial charge in [-0.25, -0.2) is 14.6 Å². The van der Waals surface area contributed by atoms with Crippen LogP contribution in [0.5, 0.6) is 0 Å². The summed E-state index contributed by atoms with van der Waals surface area (Å²) in [6.07, 6.45) is -5.33. The molecule has 35 heavy (non-hydrogen) atoms. The Morgan fingerprint density at radius 1 is 1.11 bits per heavy atom. The second-order valence-corrected chi connectivity index (χ2v) is 10.3. The zero-order valence-corrected chi connectivity index (χ0v) is 20.8. The summed E-state index contributed by atoms with van der Waals surface area (Å²) in [4.78, 5) is 26.5. The van der Waals surface area contributed by atoms with E-state index in [0.29, 0.717) is 16.3 Å². The van der Waals surface area contributed by atoms with Crippen molar-refractivity contribution in [1.29, 1.82) is 0 Å². The molecule has 0 aromatic heterocycles. The molecule has 3 rings (SSSR count). The number of hydrogen-bond acceptors (Lipinski definition) is 4. The highest BCUT2D eigenvalue weighted by Gasteiger charge is 2.37. The van der Waals surface area contributed by atoms with E-state index in [1.165, 1.54) is 11.9 Å². The number of hydrazone groups is 1. The minimum Gasteiger partial charge on any atom is -0.445 e. The van der Waals surface area contributed by atoms with E-state index in [-0.39, 0.29) is 12.2 Å². The fraction of sp³-hybridized carbons (Fsp3) is 0.286. The third-order valence-electron chi connectivity index (χ3n) is 4.84. The van der Waals surface area contributed by atoms with Crippen molar-refractivity contribution in [2.24, 2.45) is 5.10 Å². The van der Waals surface area contributed by atoms with Gasteiger partial charge in [0.2, 0.25) is 3.79 Å². The molecule has 0 fully saturated rings. The number of carbonyl (C=O) groups is 2. The second kappa shape index (κ2) is 10.7. The highest BCUT2D eigenvalue weighted by atomic mass is 35.6. The number of urea groups is 1. The number of likely N-dealkylation sites (N-methyl/N-ethyl adjacent to an activating group) is 1. The Bertz CT molecular complexity index is 1110. The van der Waals surface area contributed by atoms with Gasteiger partial charge in [-0.2, -0.15) is 18.3 Å². The summed E-state index contributed by atoms with van der Waals surface area (Å²) in [7, 11) is 1.42. The number of hydrogen-bond donors (Lipinski definition) is 1. The number of carbonyl (C=O) groups excluding carboxylic acids is 2. The number of amides is 3. The number of alkyl halides is 6. The topological polar surface area (TPSA) is 74.2 Å². The zero-order chi connectivity index (χ0) is 26.0. The SMILES string of the molecule is CN(C(=O)OCC(Cl)(Cl)Cl)C1CN(C(=O)Nc2ccc(C(F)(F)F)cc2)N=C1c1ccc(Cl)cc1. The molecule has 0 bridgehead atoms. The van der Waals surface area contributed by atoms with Gasteiger partial charge in [-0.05, 0) is 36.4 Å². The second-order valence-electron chi connectivity index (χ2n) is 7.38. The van der Waals surface area contributed by atoms with Crippen molar-refractivity contribution < 1.29 is 27.5 Å². The summed E-state index contributed by atoms with van der Waals surface area (Å²) in [6.45, 7) is -0.580. The van der Waals surface area contributed by atoms with Gasteiger partial charge in [-0.15, -0.1) is 0 Å². The fourth-order valence-corrected chi connectivity index (χ4v) is 3.39. The normalized spacial score (nSPS) is 16.1. The molecule has 2 aromatic carbocycles. The molecule has 1 heterocycles. The van der Waals surface area contributed by atoms with Crippen molar-refractivity contribution in [2.75, 3.05) is 25.5 Å². The van der Waals surface area contributed by atoms with Gasteiger partial charge < -0.3 is 15.0 Å². The summed E-state index contributed by atoms with van der Waals surface area (Å²) in [5.74, 6) is 0. The molecule has 14 heteroatoms. The van der Waals surface area contributed by atoms with Crippen molar-refractivity contribution in [3.05, 3.63) is 64.7 Å². The number of rotatable bonds is 4. The molecule has 188 valence electrons. The van der Waals surface area contributed by atoms with Crippen LogP contribution in [0, 0.1) is 0 Å². The number of ether oxygens (including phenoxy) is 1. The van der Waals surface area contributed by atoms with Crippen LogP contribution in [0.4, 0.5) is 28.4 Å². The minimum absolute atomic E-state index is 0.0796. The van der Waals surface area contributed by atoms with E-state index in [1.807, 2.05) is 0 Å². The number of benzene rings is 2. The van der Waals surface area contributed by atoms with E-state index in [1.54, 1.807) is 24.3 Å². The monoisotopic (exact) mass is 570 g/mol. The number of nitrogens with zero attached hydrogens (tertiary/aromatic N) is 3. The maximum absolute atomic E-state index is 12.8. The first-order valence-corrected chi connectivity index (χ1v) is 11.3. The predicted molar refractivity (Wildman–Crippen MR) is 128 cm³/mol. The largest absolute Gasteiger partial charge is 0.445 e. The lowest BCUT2D eigenvalue weighted by molar-refractivity contribution is -0.137. The third-order valence-corrected chi connectivity index (χ3v) is 5.42. The Morgan fingerprint density at radius 3 is 2.26 bits per heavy atom. The highest BCUT2D eigenvalue weighted by Crippen LogP contribution is 2.30. The summed E-state index contributed by atoms with van der Waals surface area (Å²) in [5, 5.41) is 8.32. The van der Waals surface area contributed by atoms with E-state index in [2.05, 4.69) is 10.4 Å². The molecule has 1 unspecified atom stereocenters. The summed E-state index contributed by atoms with van der Waals surface area (Å²) < 4.78 is 41.5.